The van der Waals surface area contributed by atoms with Crippen LogP contribution in [0.15, 0.2) is 54.4 Å². The van der Waals surface area contributed by atoms with Crippen LogP contribution in [0.3, 0.4) is 0 Å². The summed E-state index contributed by atoms with van der Waals surface area (Å²) in [5.41, 5.74) is 0.894. The molecular formula is C20H23FN2O2S. The highest BCUT2D eigenvalue weighted by Crippen LogP contribution is 2.23. The van der Waals surface area contributed by atoms with Gasteiger partial charge in [0.25, 0.3) is 0 Å². The largest absolute Gasteiger partial charge is 0.370 e. The van der Waals surface area contributed by atoms with E-state index in [1.54, 1.807) is 23.5 Å². The van der Waals surface area contributed by atoms with Gasteiger partial charge in [0.2, 0.25) is 5.91 Å². The molecule has 0 radical (unpaired) electrons. The van der Waals surface area contributed by atoms with Gasteiger partial charge in [-0.1, -0.05) is 24.3 Å². The Labute approximate surface area is 157 Å². The number of carbonyl (C=O) groups is 1. The minimum Gasteiger partial charge on any atom is -0.370 e. The molecule has 6 heteroatoms. The number of rotatable bonds is 7. The third-order valence-electron chi connectivity index (χ3n) is 4.37. The van der Waals surface area contributed by atoms with Gasteiger partial charge in [0, 0.05) is 24.5 Å². The summed E-state index contributed by atoms with van der Waals surface area (Å²) in [6.45, 7) is 7.10. The summed E-state index contributed by atoms with van der Waals surface area (Å²) in [6, 6.07) is 10.4. The molecule has 138 valence electrons. The van der Waals surface area contributed by atoms with Crippen molar-refractivity contribution in [2.24, 2.45) is 0 Å². The quantitative estimate of drug-likeness (QED) is 0.696. The average Bonchev–Trinajstić information content (AvgIpc) is 3.15. The minimum atomic E-state index is -0.272. The van der Waals surface area contributed by atoms with Crippen molar-refractivity contribution >= 4 is 17.2 Å². The first-order chi connectivity index (χ1) is 12.7. The number of hydrogen-bond acceptors (Lipinski definition) is 4. The van der Waals surface area contributed by atoms with E-state index in [1.807, 2.05) is 22.4 Å². The molecule has 1 unspecified atom stereocenters. The molecule has 1 aliphatic heterocycles. The van der Waals surface area contributed by atoms with E-state index in [9.17, 15) is 9.18 Å². The first-order valence-electron chi connectivity index (χ1n) is 8.66. The lowest BCUT2D eigenvalue weighted by atomic mass is 10.1. The fourth-order valence-corrected chi connectivity index (χ4v) is 3.78. The molecule has 2 aromatic rings. The van der Waals surface area contributed by atoms with Crippen LogP contribution in [-0.2, 0) is 16.1 Å². The van der Waals surface area contributed by atoms with Gasteiger partial charge < -0.3 is 9.64 Å². The third-order valence-corrected chi connectivity index (χ3v) is 5.23. The first-order valence-corrected chi connectivity index (χ1v) is 9.54. The van der Waals surface area contributed by atoms with Gasteiger partial charge in [-0.25, -0.2) is 4.39 Å². The fourth-order valence-electron chi connectivity index (χ4n) is 3.04. The number of hydrogen-bond donors (Lipinski definition) is 0. The number of morpholine rings is 1. The Bertz CT molecular complexity index is 718. The second-order valence-electron chi connectivity index (χ2n) is 6.29. The van der Waals surface area contributed by atoms with Crippen LogP contribution in [0.4, 0.5) is 4.39 Å². The Kier molecular flexibility index (Phi) is 6.55. The minimum absolute atomic E-state index is 0.0822. The molecule has 1 amide bonds. The van der Waals surface area contributed by atoms with E-state index >= 15 is 0 Å². The molecule has 0 spiro atoms. The predicted octanol–water partition coefficient (Wildman–Crippen LogP) is 3.48. The molecule has 0 N–H and O–H groups in total. The van der Waals surface area contributed by atoms with Crippen LogP contribution in [0.2, 0.25) is 0 Å². The lowest BCUT2D eigenvalue weighted by Gasteiger charge is -2.34. The smallest absolute Gasteiger partial charge is 0.236 e. The summed E-state index contributed by atoms with van der Waals surface area (Å²) in [5.74, 6) is -0.190. The standard InChI is InChI=1S/C20H23FN2O2S/c1-2-9-22(13-18-4-3-12-26-18)15-20(24)23-10-11-25-19(14-23)16-5-7-17(21)8-6-16/h2-8,12,19H,1,9-11,13-15H2. The van der Waals surface area contributed by atoms with Gasteiger partial charge in [-0.2, -0.15) is 0 Å². The maximum Gasteiger partial charge on any atom is 0.236 e. The molecule has 1 aliphatic rings. The molecule has 1 aromatic carbocycles. The van der Waals surface area contributed by atoms with Crippen molar-refractivity contribution in [2.75, 3.05) is 32.8 Å². The van der Waals surface area contributed by atoms with Gasteiger partial charge in [-0.3, -0.25) is 9.69 Å². The molecular weight excluding hydrogens is 351 g/mol. The molecule has 0 aliphatic carbocycles. The number of amides is 1. The maximum absolute atomic E-state index is 13.1. The van der Waals surface area contributed by atoms with Crippen molar-refractivity contribution < 1.29 is 13.9 Å². The molecule has 1 fully saturated rings. The Morgan fingerprint density at radius 3 is 2.88 bits per heavy atom. The molecule has 1 aromatic heterocycles. The molecule has 1 atom stereocenters. The second kappa shape index (κ2) is 9.07. The van der Waals surface area contributed by atoms with E-state index in [4.69, 9.17) is 4.74 Å². The van der Waals surface area contributed by atoms with Crippen LogP contribution >= 0.6 is 11.3 Å². The number of ether oxygens (including phenoxy) is 1. The van der Waals surface area contributed by atoms with Crippen molar-refractivity contribution in [1.82, 2.24) is 9.80 Å². The summed E-state index contributed by atoms with van der Waals surface area (Å²) in [5, 5.41) is 2.04. The lowest BCUT2D eigenvalue weighted by Crippen LogP contribution is -2.46. The van der Waals surface area contributed by atoms with Crippen LogP contribution in [0.1, 0.15) is 16.5 Å². The van der Waals surface area contributed by atoms with E-state index in [2.05, 4.69) is 17.5 Å². The number of nitrogens with zero attached hydrogens (tertiary/aromatic N) is 2. The fraction of sp³-hybridized carbons (Fsp3) is 0.350. The van der Waals surface area contributed by atoms with Gasteiger partial charge in [0.05, 0.1) is 19.7 Å². The zero-order valence-corrected chi connectivity index (χ0v) is 15.5. The Balaban J connectivity index is 1.60. The number of carbonyl (C=O) groups excluding carboxylic acids is 1. The van der Waals surface area contributed by atoms with Crippen LogP contribution in [0, 0.1) is 5.82 Å². The number of benzene rings is 1. The molecule has 0 bridgehead atoms. The third kappa shape index (κ3) is 5.00. The van der Waals surface area contributed by atoms with Crippen LogP contribution < -0.4 is 0 Å². The van der Waals surface area contributed by atoms with Crippen molar-refractivity contribution in [2.45, 2.75) is 12.6 Å². The highest BCUT2D eigenvalue weighted by Gasteiger charge is 2.26. The van der Waals surface area contributed by atoms with Crippen LogP contribution in [-0.4, -0.2) is 48.5 Å². The Hall–Kier alpha value is -2.02. The van der Waals surface area contributed by atoms with Gasteiger partial charge in [-0.15, -0.1) is 17.9 Å². The summed E-state index contributed by atoms with van der Waals surface area (Å²) in [6.07, 6.45) is 1.61. The van der Waals surface area contributed by atoms with E-state index in [1.165, 1.54) is 17.0 Å². The SMILES string of the molecule is C=CCN(CC(=O)N1CCOC(c2ccc(F)cc2)C1)Cc1cccs1. The van der Waals surface area contributed by atoms with E-state index in [0.29, 0.717) is 32.8 Å². The predicted molar refractivity (Wildman–Crippen MR) is 101 cm³/mol. The molecule has 3 rings (SSSR count). The van der Waals surface area contributed by atoms with Gasteiger partial charge in [0.1, 0.15) is 11.9 Å². The van der Waals surface area contributed by atoms with E-state index in [0.717, 1.165) is 12.1 Å². The first kappa shape index (κ1) is 18.8. The topological polar surface area (TPSA) is 32.8 Å². The Morgan fingerprint density at radius 2 is 2.19 bits per heavy atom. The van der Waals surface area contributed by atoms with E-state index < -0.39 is 0 Å². The van der Waals surface area contributed by atoms with Gasteiger partial charge in [0.15, 0.2) is 0 Å². The summed E-state index contributed by atoms with van der Waals surface area (Å²) < 4.78 is 18.9. The molecule has 4 nitrogen and oxygen atoms in total. The van der Waals surface area contributed by atoms with Crippen molar-refractivity contribution in [3.8, 4) is 0 Å². The van der Waals surface area contributed by atoms with Crippen LogP contribution in [0.5, 0.6) is 0 Å². The van der Waals surface area contributed by atoms with Crippen molar-refractivity contribution in [3.63, 3.8) is 0 Å². The highest BCUT2D eigenvalue weighted by molar-refractivity contribution is 7.09. The number of halogens is 1. The molecule has 26 heavy (non-hydrogen) atoms. The molecule has 1 saturated heterocycles. The lowest BCUT2D eigenvalue weighted by molar-refractivity contribution is -0.140. The summed E-state index contributed by atoms with van der Waals surface area (Å²) in [4.78, 5) is 17.9. The normalized spacial score (nSPS) is 17.5. The zero-order chi connectivity index (χ0) is 18.4. The average molecular weight is 374 g/mol. The highest BCUT2D eigenvalue weighted by atomic mass is 32.1. The number of thiophene rings is 1. The van der Waals surface area contributed by atoms with Crippen molar-refractivity contribution in [3.05, 3.63) is 70.7 Å². The summed E-state index contributed by atoms with van der Waals surface area (Å²) in [7, 11) is 0. The molecule has 2 heterocycles. The second-order valence-corrected chi connectivity index (χ2v) is 7.32. The van der Waals surface area contributed by atoms with E-state index in [-0.39, 0.29) is 17.8 Å². The maximum atomic E-state index is 13.1. The Morgan fingerprint density at radius 1 is 1.38 bits per heavy atom. The zero-order valence-electron chi connectivity index (χ0n) is 14.6. The van der Waals surface area contributed by atoms with Gasteiger partial charge >= 0.3 is 0 Å². The van der Waals surface area contributed by atoms with Crippen molar-refractivity contribution in [1.29, 1.82) is 0 Å². The van der Waals surface area contributed by atoms with Gasteiger partial charge in [-0.05, 0) is 29.1 Å². The summed E-state index contributed by atoms with van der Waals surface area (Å²) >= 11 is 1.69. The molecule has 0 saturated carbocycles. The monoisotopic (exact) mass is 374 g/mol. The van der Waals surface area contributed by atoms with Crippen LogP contribution in [0.25, 0.3) is 0 Å².